The van der Waals surface area contributed by atoms with Crippen molar-refractivity contribution in [2.24, 2.45) is 0 Å². The fraction of sp³-hybridized carbons (Fsp3) is 0.0526. The number of anilines is 12. The van der Waals surface area contributed by atoms with Crippen molar-refractivity contribution < 1.29 is 57.9 Å². The van der Waals surface area contributed by atoms with Crippen molar-refractivity contribution in [1.29, 1.82) is 0 Å². The van der Waals surface area contributed by atoms with Gasteiger partial charge in [-0.05, 0) is 128 Å². The summed E-state index contributed by atoms with van der Waals surface area (Å²) in [5, 5.41) is 28.6. The van der Waals surface area contributed by atoms with Crippen LogP contribution in [0.1, 0.15) is 11.6 Å². The van der Waals surface area contributed by atoms with Gasteiger partial charge < -0.3 is 31.9 Å². The molecule has 0 fully saturated rings. The average Bonchev–Trinajstić information content (AvgIpc) is 3.31. The summed E-state index contributed by atoms with van der Waals surface area (Å²) >= 11 is 18.6. The SMILES string of the molecule is Cc1nc(Cl)nc(Nc2cc(Nc3nc(Cl)nc(Nc4cccc(S(=O)(=O)O)c4)n3)ccc2SOOO)n1.Cc1nc(F)nc(Nc2ccc(Nc3nc(Cl)nc(Nc4cc(S(=O)(=O)O)ccc4S(=O)(=O)O)n3)cc2)n1. The number of hydrogen-bond acceptors (Lipinski definition) is 28. The summed E-state index contributed by atoms with van der Waals surface area (Å²) in [7, 11) is -13.9. The minimum atomic E-state index is -4.81. The van der Waals surface area contributed by atoms with Crippen LogP contribution in [0.15, 0.2) is 105 Å². The molecule has 0 unspecified atom stereocenters. The summed E-state index contributed by atoms with van der Waals surface area (Å²) in [6, 6.07) is 19.0. The Bertz CT molecular complexity index is 3780. The van der Waals surface area contributed by atoms with Crippen molar-refractivity contribution in [3.63, 3.8) is 0 Å². The van der Waals surface area contributed by atoms with Gasteiger partial charge in [0.15, 0.2) is 0 Å². The molecule has 4 aromatic carbocycles. The number of aryl methyl sites for hydroxylation is 2. The minimum absolute atomic E-state index is 0.00527. The Balaban J connectivity index is 0.000000221. The van der Waals surface area contributed by atoms with E-state index in [1.807, 2.05) is 0 Å². The van der Waals surface area contributed by atoms with Crippen LogP contribution in [-0.4, -0.2) is 104 Å². The predicted octanol–water partition coefficient (Wildman–Crippen LogP) is 7.46. The van der Waals surface area contributed by atoms with E-state index in [1.165, 1.54) is 25.1 Å². The van der Waals surface area contributed by atoms with Gasteiger partial charge in [-0.1, -0.05) is 11.1 Å². The molecule has 4 aromatic heterocycles. The molecule has 0 aliphatic carbocycles. The maximum Gasteiger partial charge on any atom is 0.313 e. The molecular weight excluding hydrogens is 1150 g/mol. The van der Waals surface area contributed by atoms with Crippen LogP contribution >= 0.6 is 46.8 Å². The quantitative estimate of drug-likeness (QED) is 0.0172. The molecule has 0 spiro atoms. The smallest absolute Gasteiger partial charge is 0.313 e. The van der Waals surface area contributed by atoms with E-state index in [2.05, 4.69) is 101 Å². The second-order valence-corrected chi connectivity index (χ2v) is 20.3. The third kappa shape index (κ3) is 16.2. The number of halogens is 4. The number of benzene rings is 4. The van der Waals surface area contributed by atoms with Crippen molar-refractivity contribution in [1.82, 2.24) is 59.8 Å². The fourth-order valence-corrected chi connectivity index (χ4v) is 8.50. The molecule has 0 radical (unpaired) electrons. The molecule has 76 heavy (non-hydrogen) atoms. The number of rotatable bonds is 18. The van der Waals surface area contributed by atoms with Crippen LogP contribution in [0.2, 0.25) is 15.9 Å². The third-order valence-electron chi connectivity index (χ3n) is 8.85. The molecule has 0 atom stereocenters. The molecule has 0 bridgehead atoms. The highest BCUT2D eigenvalue weighted by Gasteiger charge is 2.22. The molecule has 0 amide bonds. The van der Waals surface area contributed by atoms with E-state index >= 15 is 0 Å². The minimum Gasteiger partial charge on any atom is -0.324 e. The van der Waals surface area contributed by atoms with Crippen LogP contribution in [-0.2, 0) is 39.7 Å². The van der Waals surface area contributed by atoms with Crippen LogP contribution in [0, 0.1) is 19.9 Å². The summed E-state index contributed by atoms with van der Waals surface area (Å²) < 4.78 is 115. The molecule has 4 heterocycles. The molecular formula is C38H30Cl3FN18O12S4. The predicted molar refractivity (Wildman–Crippen MR) is 269 cm³/mol. The summed E-state index contributed by atoms with van der Waals surface area (Å²) in [4.78, 5) is 45.9. The Morgan fingerprint density at radius 3 is 1.43 bits per heavy atom. The van der Waals surface area contributed by atoms with Crippen LogP contribution in [0.4, 0.5) is 74.2 Å². The lowest BCUT2D eigenvalue weighted by Gasteiger charge is -2.13. The normalized spacial score (nSPS) is 11.5. The summed E-state index contributed by atoms with van der Waals surface area (Å²) in [6.45, 7) is 3.16. The second kappa shape index (κ2) is 24.0. The molecule has 396 valence electrons. The zero-order chi connectivity index (χ0) is 55.0. The molecule has 0 aliphatic rings. The van der Waals surface area contributed by atoms with Gasteiger partial charge >= 0.3 is 6.08 Å². The van der Waals surface area contributed by atoms with Gasteiger partial charge in [0.2, 0.25) is 51.5 Å². The van der Waals surface area contributed by atoms with Crippen molar-refractivity contribution in [2.45, 2.75) is 33.4 Å². The molecule has 10 N–H and O–H groups in total. The maximum atomic E-state index is 13.4. The van der Waals surface area contributed by atoms with E-state index in [4.69, 9.17) is 40.1 Å². The van der Waals surface area contributed by atoms with E-state index in [0.717, 1.165) is 18.2 Å². The largest absolute Gasteiger partial charge is 0.324 e. The van der Waals surface area contributed by atoms with Gasteiger partial charge in [-0.3, -0.25) is 13.7 Å². The van der Waals surface area contributed by atoms with Gasteiger partial charge in [0.05, 0.1) is 38.1 Å². The van der Waals surface area contributed by atoms with Gasteiger partial charge in [-0.2, -0.15) is 84.5 Å². The Morgan fingerprint density at radius 1 is 0.474 bits per heavy atom. The highest BCUT2D eigenvalue weighted by atomic mass is 35.5. The first-order valence-corrected chi connectivity index (χ1v) is 26.3. The zero-order valence-corrected chi connectivity index (χ0v) is 43.2. The third-order valence-corrected chi connectivity index (χ3v) is 12.6. The zero-order valence-electron chi connectivity index (χ0n) is 37.6. The fourth-order valence-electron chi connectivity index (χ4n) is 5.88. The second-order valence-electron chi connectivity index (χ2n) is 14.3. The monoisotopic (exact) mass is 1180 g/mol. The van der Waals surface area contributed by atoms with Crippen LogP contribution in [0.25, 0.3) is 0 Å². The molecule has 0 saturated carbocycles. The maximum absolute atomic E-state index is 13.4. The first-order valence-electron chi connectivity index (χ1n) is 20.1. The van der Waals surface area contributed by atoms with Crippen molar-refractivity contribution in [3.8, 4) is 0 Å². The van der Waals surface area contributed by atoms with Gasteiger partial charge in [-0.15, -0.1) is 4.33 Å². The van der Waals surface area contributed by atoms with E-state index in [9.17, 15) is 43.3 Å². The Morgan fingerprint density at radius 2 is 0.921 bits per heavy atom. The Kier molecular flexibility index (Phi) is 17.7. The topological polar surface area (TPSA) is 429 Å². The number of hydrogen-bond donors (Lipinski definition) is 10. The highest BCUT2D eigenvalue weighted by molar-refractivity contribution is 7.94. The number of nitrogens with zero attached hydrogens (tertiary/aromatic N) is 12. The summed E-state index contributed by atoms with van der Waals surface area (Å²) in [6.07, 6.45) is -0.928. The lowest BCUT2D eigenvalue weighted by Crippen LogP contribution is -2.09. The van der Waals surface area contributed by atoms with Gasteiger partial charge in [-0.25, -0.2) is 10.2 Å². The molecule has 30 nitrogen and oxygen atoms in total. The van der Waals surface area contributed by atoms with Crippen LogP contribution in [0.5, 0.6) is 0 Å². The lowest BCUT2D eigenvalue weighted by molar-refractivity contribution is -0.432. The number of nitrogens with one attached hydrogen (secondary N) is 6. The van der Waals surface area contributed by atoms with E-state index in [1.54, 1.807) is 55.5 Å². The molecule has 8 rings (SSSR count). The van der Waals surface area contributed by atoms with Crippen LogP contribution in [0.3, 0.4) is 0 Å². The van der Waals surface area contributed by atoms with Gasteiger partial charge in [0.25, 0.3) is 30.4 Å². The van der Waals surface area contributed by atoms with Crippen molar-refractivity contribution in [3.05, 3.63) is 119 Å². The Hall–Kier alpha value is -7.52. The summed E-state index contributed by atoms with van der Waals surface area (Å²) in [5.41, 5.74) is 1.69. The van der Waals surface area contributed by atoms with E-state index < -0.39 is 51.9 Å². The summed E-state index contributed by atoms with van der Waals surface area (Å²) in [5.74, 6) is 0.355. The van der Waals surface area contributed by atoms with Gasteiger partial charge in [0, 0.05) is 22.7 Å². The average molecular weight is 1180 g/mol. The van der Waals surface area contributed by atoms with Gasteiger partial charge in [0.1, 0.15) is 16.5 Å². The van der Waals surface area contributed by atoms with Crippen molar-refractivity contribution in [2.75, 3.05) is 31.9 Å². The first-order chi connectivity index (χ1) is 35.8. The number of aromatic nitrogens is 12. The van der Waals surface area contributed by atoms with E-state index in [0.29, 0.717) is 45.5 Å². The Labute approximate surface area is 446 Å². The van der Waals surface area contributed by atoms with Crippen LogP contribution < -0.4 is 31.9 Å². The standard InChI is InChI=1S/C19H15Cl2N9O6S2.C19H15ClFN9O6S2/c1-9-22-15(20)27-17(23-9)26-13-8-11(5-6-14(13)37-36-35-31)25-19-29-16(21)28-18(30-19)24-10-3-2-4-12(7-10)38(32,33)34;1-9-22-16(21)29-17(23-9)24-10-2-4-11(5-3-10)25-18-27-15(20)28-19(30-18)26-13-8-12(37(31,32)33)6-7-14(13)38(34,35)36/h2-8,31H,1H3,(H,32,33,34)(H,22,23,26,27)(H2,24,25,28,29,30);2-8H,1H3,(H,31,32,33)(H,34,35,36)(H,22,23,24,29)(H2,25,26,27,28,30). The molecule has 0 aliphatic heterocycles. The first kappa shape index (κ1) is 56.2. The van der Waals surface area contributed by atoms with E-state index in [-0.39, 0.29) is 67.9 Å². The van der Waals surface area contributed by atoms with Crippen molar-refractivity contribution >= 4 is 147 Å². The highest BCUT2D eigenvalue weighted by Crippen LogP contribution is 2.34. The molecule has 0 saturated heterocycles. The lowest BCUT2D eigenvalue weighted by atomic mass is 10.2. The molecule has 8 aromatic rings. The molecule has 38 heteroatoms.